The number of nitrogens with zero attached hydrogens (tertiary/aromatic N) is 4. The van der Waals surface area contributed by atoms with Gasteiger partial charge in [0.25, 0.3) is 5.91 Å². The summed E-state index contributed by atoms with van der Waals surface area (Å²) in [6.07, 6.45) is 7.49. The summed E-state index contributed by atoms with van der Waals surface area (Å²) in [6, 6.07) is 3.85. The fourth-order valence-corrected chi connectivity index (χ4v) is 3.87. The highest BCUT2D eigenvalue weighted by molar-refractivity contribution is 7.13. The van der Waals surface area contributed by atoms with Crippen LogP contribution in [-0.4, -0.2) is 38.2 Å². The van der Waals surface area contributed by atoms with E-state index < -0.39 is 0 Å². The Balaban J connectivity index is 1.50. The summed E-state index contributed by atoms with van der Waals surface area (Å²) in [5.41, 5.74) is 1.63. The average Bonchev–Trinajstić information content (AvgIpc) is 3.35. The van der Waals surface area contributed by atoms with Gasteiger partial charge in [-0.1, -0.05) is 0 Å². The molecule has 1 amide bonds. The molecule has 124 valence electrons. The van der Waals surface area contributed by atoms with Crippen LogP contribution in [0.3, 0.4) is 0 Å². The van der Waals surface area contributed by atoms with Crippen molar-refractivity contribution in [2.45, 2.75) is 32.4 Å². The lowest BCUT2D eigenvalue weighted by atomic mass is 10.2. The van der Waals surface area contributed by atoms with Gasteiger partial charge in [0.05, 0.1) is 25.0 Å². The predicted molar refractivity (Wildman–Crippen MR) is 90.8 cm³/mol. The summed E-state index contributed by atoms with van der Waals surface area (Å²) in [6.45, 7) is 3.53. The minimum absolute atomic E-state index is 0.00423. The molecular weight excluding hydrogens is 324 g/mol. The second kappa shape index (κ2) is 6.24. The Morgan fingerprint density at radius 2 is 2.42 bits per heavy atom. The van der Waals surface area contributed by atoms with E-state index in [2.05, 4.69) is 10.1 Å². The molecule has 3 aromatic rings. The maximum Gasteiger partial charge on any atom is 0.273 e. The lowest BCUT2D eigenvalue weighted by molar-refractivity contribution is 0.0716. The molecule has 0 bridgehead atoms. The zero-order chi connectivity index (χ0) is 16.5. The van der Waals surface area contributed by atoms with Crippen molar-refractivity contribution in [1.82, 2.24) is 19.7 Å². The van der Waals surface area contributed by atoms with E-state index in [1.807, 2.05) is 46.4 Å². The topological polar surface area (TPSA) is 64.2 Å². The van der Waals surface area contributed by atoms with Crippen LogP contribution in [0.5, 0.6) is 0 Å². The van der Waals surface area contributed by atoms with E-state index in [4.69, 9.17) is 4.42 Å². The summed E-state index contributed by atoms with van der Waals surface area (Å²) in [7, 11) is 0. The Hall–Kier alpha value is -2.41. The van der Waals surface area contributed by atoms with Gasteiger partial charge in [0.2, 0.25) is 0 Å². The molecule has 1 fully saturated rings. The third-order valence-corrected chi connectivity index (χ3v) is 5.11. The highest BCUT2D eigenvalue weighted by atomic mass is 32.1. The van der Waals surface area contributed by atoms with Crippen molar-refractivity contribution in [1.29, 1.82) is 0 Å². The number of thiazole rings is 1. The summed E-state index contributed by atoms with van der Waals surface area (Å²) in [4.78, 5) is 19.2. The molecule has 0 spiro atoms. The number of carbonyl (C=O) groups excluding carboxylic acids is 1. The molecule has 7 heteroatoms. The number of aromatic nitrogens is 3. The van der Waals surface area contributed by atoms with Crippen LogP contribution in [0.1, 0.15) is 28.9 Å². The van der Waals surface area contributed by atoms with E-state index in [0.29, 0.717) is 11.5 Å². The SMILES string of the molecule is Cc1cnn(C[C@@H]2CCCN2C(=O)c2csc(-c3ccco3)n2)c1. The Morgan fingerprint density at radius 1 is 1.50 bits per heavy atom. The molecule has 1 aliphatic rings. The van der Waals surface area contributed by atoms with Gasteiger partial charge in [-0.3, -0.25) is 9.48 Å². The van der Waals surface area contributed by atoms with Gasteiger partial charge in [0.15, 0.2) is 10.8 Å². The largest absolute Gasteiger partial charge is 0.462 e. The highest BCUT2D eigenvalue weighted by Gasteiger charge is 2.31. The average molecular weight is 342 g/mol. The fraction of sp³-hybridized carbons (Fsp3) is 0.353. The van der Waals surface area contributed by atoms with Gasteiger partial charge in [-0.2, -0.15) is 5.10 Å². The van der Waals surface area contributed by atoms with E-state index in [0.717, 1.165) is 36.5 Å². The second-order valence-corrected chi connectivity index (χ2v) is 6.91. The maximum atomic E-state index is 12.8. The van der Waals surface area contributed by atoms with Gasteiger partial charge < -0.3 is 9.32 Å². The van der Waals surface area contributed by atoms with Crippen molar-refractivity contribution >= 4 is 17.2 Å². The van der Waals surface area contributed by atoms with E-state index >= 15 is 0 Å². The van der Waals surface area contributed by atoms with Gasteiger partial charge in [-0.25, -0.2) is 4.98 Å². The van der Waals surface area contributed by atoms with Gasteiger partial charge in [-0.15, -0.1) is 11.3 Å². The van der Waals surface area contributed by atoms with Crippen LogP contribution in [0.2, 0.25) is 0 Å². The number of furan rings is 1. The van der Waals surface area contributed by atoms with Crippen LogP contribution in [0, 0.1) is 6.92 Å². The first kappa shape index (κ1) is 15.1. The van der Waals surface area contributed by atoms with Crippen molar-refractivity contribution in [3.05, 3.63) is 47.4 Å². The smallest absolute Gasteiger partial charge is 0.273 e. The van der Waals surface area contributed by atoms with Crippen molar-refractivity contribution in [2.75, 3.05) is 6.54 Å². The molecule has 1 saturated heterocycles. The molecule has 0 aliphatic carbocycles. The molecule has 0 unspecified atom stereocenters. The van der Waals surface area contributed by atoms with Crippen LogP contribution >= 0.6 is 11.3 Å². The first-order chi connectivity index (χ1) is 11.7. The molecule has 0 saturated carbocycles. The predicted octanol–water partition coefficient (Wildman–Crippen LogP) is 3.21. The Morgan fingerprint density at radius 3 is 3.17 bits per heavy atom. The molecule has 24 heavy (non-hydrogen) atoms. The number of aryl methyl sites for hydroxylation is 1. The van der Waals surface area contributed by atoms with Crippen LogP contribution in [0.15, 0.2) is 40.6 Å². The Labute approximate surface area is 143 Å². The lowest BCUT2D eigenvalue weighted by Crippen LogP contribution is -2.38. The molecule has 1 atom stereocenters. The number of carbonyl (C=O) groups is 1. The summed E-state index contributed by atoms with van der Waals surface area (Å²) < 4.78 is 7.27. The number of hydrogen-bond donors (Lipinski definition) is 0. The monoisotopic (exact) mass is 342 g/mol. The van der Waals surface area contributed by atoms with E-state index in [1.165, 1.54) is 11.3 Å². The minimum Gasteiger partial charge on any atom is -0.462 e. The normalized spacial score (nSPS) is 17.5. The van der Waals surface area contributed by atoms with Gasteiger partial charge in [-0.05, 0) is 37.5 Å². The molecule has 0 N–H and O–H groups in total. The van der Waals surface area contributed by atoms with Crippen LogP contribution in [-0.2, 0) is 6.54 Å². The maximum absolute atomic E-state index is 12.8. The Kier molecular flexibility index (Phi) is 3.93. The standard InChI is InChI=1S/C17H18N4O2S/c1-12-8-18-20(9-12)10-13-4-2-6-21(13)17(22)14-11-24-16(19-14)15-5-3-7-23-15/h3,5,7-9,11,13H,2,4,6,10H2,1H3/t13-/m0/s1. The minimum atomic E-state index is -0.00423. The van der Waals surface area contributed by atoms with E-state index in [-0.39, 0.29) is 11.9 Å². The quantitative estimate of drug-likeness (QED) is 0.730. The molecular formula is C17H18N4O2S. The van der Waals surface area contributed by atoms with Crippen LogP contribution < -0.4 is 0 Å². The molecule has 3 aromatic heterocycles. The molecule has 0 radical (unpaired) electrons. The summed E-state index contributed by atoms with van der Waals surface area (Å²) >= 11 is 1.43. The molecule has 6 nitrogen and oxygen atoms in total. The van der Waals surface area contributed by atoms with Crippen LogP contribution in [0.4, 0.5) is 0 Å². The first-order valence-corrected chi connectivity index (χ1v) is 8.88. The second-order valence-electron chi connectivity index (χ2n) is 6.05. The number of amides is 1. The summed E-state index contributed by atoms with van der Waals surface area (Å²) in [5, 5.41) is 6.89. The van der Waals surface area contributed by atoms with Gasteiger partial charge >= 0.3 is 0 Å². The van der Waals surface area contributed by atoms with E-state index in [1.54, 1.807) is 6.26 Å². The molecule has 1 aliphatic heterocycles. The van der Waals surface area contributed by atoms with Crippen molar-refractivity contribution in [3.8, 4) is 10.8 Å². The zero-order valence-corrected chi connectivity index (χ0v) is 14.2. The number of rotatable bonds is 4. The fourth-order valence-electron chi connectivity index (χ4n) is 3.11. The van der Waals surface area contributed by atoms with Crippen molar-refractivity contribution in [3.63, 3.8) is 0 Å². The first-order valence-electron chi connectivity index (χ1n) is 8.00. The van der Waals surface area contributed by atoms with Crippen molar-refractivity contribution in [2.24, 2.45) is 0 Å². The van der Waals surface area contributed by atoms with E-state index in [9.17, 15) is 4.79 Å². The molecule has 4 rings (SSSR count). The summed E-state index contributed by atoms with van der Waals surface area (Å²) in [5.74, 6) is 0.694. The number of hydrogen-bond acceptors (Lipinski definition) is 5. The number of likely N-dealkylation sites (tertiary alicyclic amines) is 1. The van der Waals surface area contributed by atoms with Gasteiger partial charge in [0.1, 0.15) is 5.69 Å². The lowest BCUT2D eigenvalue weighted by Gasteiger charge is -2.23. The van der Waals surface area contributed by atoms with Crippen molar-refractivity contribution < 1.29 is 9.21 Å². The molecule has 4 heterocycles. The van der Waals surface area contributed by atoms with Gasteiger partial charge in [0, 0.05) is 18.1 Å². The highest BCUT2D eigenvalue weighted by Crippen LogP contribution is 2.27. The van der Waals surface area contributed by atoms with Crippen LogP contribution in [0.25, 0.3) is 10.8 Å². The third-order valence-electron chi connectivity index (χ3n) is 4.25. The Bertz CT molecular complexity index is 837. The zero-order valence-electron chi connectivity index (χ0n) is 13.4. The molecule has 0 aromatic carbocycles. The third kappa shape index (κ3) is 2.87.